The van der Waals surface area contributed by atoms with Gasteiger partial charge in [-0.1, -0.05) is 72.3 Å². The largest absolute Gasteiger partial charge is 0.344 e. The first-order valence-electron chi connectivity index (χ1n) is 9.27. The maximum Gasteiger partial charge on any atom is 0.106 e. The molecule has 0 amide bonds. The van der Waals surface area contributed by atoms with Crippen molar-refractivity contribution in [3.05, 3.63) is 90.1 Å². The van der Waals surface area contributed by atoms with E-state index in [2.05, 4.69) is 77.8 Å². The monoisotopic (exact) mass is 378 g/mol. The molecule has 6 aromatic rings. The summed E-state index contributed by atoms with van der Waals surface area (Å²) in [5.74, 6) is 0. The summed E-state index contributed by atoms with van der Waals surface area (Å²) < 4.78 is 0. The highest BCUT2D eigenvalue weighted by molar-refractivity contribution is 6.30. The zero-order valence-corrected chi connectivity index (χ0v) is 15.7. The highest BCUT2D eigenvalue weighted by Crippen LogP contribution is 2.38. The molecule has 1 N–H and O–H groups in total. The molecule has 0 bridgehead atoms. The van der Waals surface area contributed by atoms with Crippen molar-refractivity contribution in [1.29, 1.82) is 0 Å². The van der Waals surface area contributed by atoms with E-state index in [0.29, 0.717) is 5.15 Å². The quantitative estimate of drug-likeness (QED) is 0.235. The number of nitrogens with zero attached hydrogens (tertiary/aromatic N) is 1. The van der Waals surface area contributed by atoms with Gasteiger partial charge in [0.15, 0.2) is 0 Å². The second-order valence-electron chi connectivity index (χ2n) is 7.11. The number of hydrogen-bond acceptors (Lipinski definition) is 1. The van der Waals surface area contributed by atoms with Gasteiger partial charge in [-0.3, -0.25) is 0 Å². The van der Waals surface area contributed by atoms with Crippen molar-refractivity contribution in [2.75, 3.05) is 0 Å². The van der Waals surface area contributed by atoms with Crippen LogP contribution >= 0.6 is 11.6 Å². The molecular weight excluding hydrogens is 364 g/mol. The number of aromatic amines is 1. The van der Waals surface area contributed by atoms with E-state index in [1.807, 2.05) is 12.1 Å². The molecule has 6 rings (SSSR count). The first-order chi connectivity index (χ1) is 13.8. The Balaban J connectivity index is 1.76. The number of hydrogen-bond donors (Lipinski definition) is 1. The Hall–Kier alpha value is -3.36. The minimum Gasteiger partial charge on any atom is -0.344 e. The fourth-order valence-corrected chi connectivity index (χ4v) is 4.33. The van der Waals surface area contributed by atoms with Gasteiger partial charge < -0.3 is 4.98 Å². The number of nitrogens with one attached hydrogen (secondary N) is 1. The second-order valence-corrected chi connectivity index (χ2v) is 7.52. The van der Waals surface area contributed by atoms with Crippen LogP contribution in [0, 0.1) is 0 Å². The van der Waals surface area contributed by atoms with Crippen molar-refractivity contribution in [1.82, 2.24) is 9.97 Å². The van der Waals surface area contributed by atoms with E-state index in [1.165, 1.54) is 27.1 Å². The first-order valence-corrected chi connectivity index (χ1v) is 9.64. The Bertz CT molecular complexity index is 1470. The molecule has 0 aliphatic rings. The molecule has 0 unspecified atom stereocenters. The van der Waals surface area contributed by atoms with Crippen molar-refractivity contribution in [3.8, 4) is 11.3 Å². The van der Waals surface area contributed by atoms with Gasteiger partial charge in [-0.15, -0.1) is 0 Å². The zero-order valence-electron chi connectivity index (χ0n) is 14.9. The van der Waals surface area contributed by atoms with E-state index in [1.54, 1.807) is 0 Å². The van der Waals surface area contributed by atoms with Gasteiger partial charge in [0.1, 0.15) is 5.15 Å². The van der Waals surface area contributed by atoms with E-state index in [4.69, 9.17) is 16.6 Å². The number of benzene rings is 4. The summed E-state index contributed by atoms with van der Waals surface area (Å²) in [5, 5.41) is 7.71. The predicted molar refractivity (Wildman–Crippen MR) is 119 cm³/mol. The van der Waals surface area contributed by atoms with Gasteiger partial charge in [0.05, 0.1) is 16.7 Å². The van der Waals surface area contributed by atoms with Gasteiger partial charge in [0.25, 0.3) is 0 Å². The van der Waals surface area contributed by atoms with E-state index in [-0.39, 0.29) is 0 Å². The highest BCUT2D eigenvalue weighted by Gasteiger charge is 2.14. The molecule has 4 aromatic carbocycles. The Morgan fingerprint density at radius 1 is 0.643 bits per heavy atom. The molecule has 0 aliphatic heterocycles. The van der Waals surface area contributed by atoms with Crippen molar-refractivity contribution >= 4 is 55.0 Å². The Kier molecular flexibility index (Phi) is 3.26. The van der Waals surface area contributed by atoms with Gasteiger partial charge >= 0.3 is 0 Å². The zero-order chi connectivity index (χ0) is 18.7. The molecule has 0 spiro atoms. The molecular formula is C25H15ClN2. The number of H-pyrrole nitrogens is 1. The van der Waals surface area contributed by atoms with Crippen LogP contribution in [0.1, 0.15) is 0 Å². The number of pyridine rings is 1. The molecule has 0 atom stereocenters. The first kappa shape index (κ1) is 15.7. The molecule has 0 fully saturated rings. The lowest BCUT2D eigenvalue weighted by Gasteiger charge is -2.09. The number of aromatic nitrogens is 2. The van der Waals surface area contributed by atoms with Crippen LogP contribution in [0.25, 0.3) is 54.6 Å². The molecule has 0 radical (unpaired) electrons. The van der Waals surface area contributed by atoms with Gasteiger partial charge in [-0.2, -0.15) is 0 Å². The predicted octanol–water partition coefficient (Wildman–Crippen LogP) is 7.34. The summed E-state index contributed by atoms with van der Waals surface area (Å²) >= 11 is 6.22. The lowest BCUT2D eigenvalue weighted by molar-refractivity contribution is 1.40. The van der Waals surface area contributed by atoms with E-state index in [0.717, 1.165) is 27.5 Å². The molecule has 0 aliphatic carbocycles. The number of fused-ring (bicyclic) bond motifs is 5. The van der Waals surface area contributed by atoms with Gasteiger partial charge in [0.2, 0.25) is 0 Å². The lowest BCUT2D eigenvalue weighted by Crippen LogP contribution is -1.86. The number of halogens is 1. The summed E-state index contributed by atoms with van der Waals surface area (Å²) in [4.78, 5) is 8.34. The van der Waals surface area contributed by atoms with Gasteiger partial charge in [-0.05, 0) is 45.8 Å². The Morgan fingerprint density at radius 2 is 1.29 bits per heavy atom. The van der Waals surface area contributed by atoms with Gasteiger partial charge in [0, 0.05) is 16.3 Å². The maximum absolute atomic E-state index is 6.22. The normalized spacial score (nSPS) is 11.8. The molecule has 0 saturated carbocycles. The summed E-state index contributed by atoms with van der Waals surface area (Å²) in [5.41, 5.74) is 4.09. The molecule has 3 heteroatoms. The molecule has 2 aromatic heterocycles. The molecule has 2 heterocycles. The van der Waals surface area contributed by atoms with Crippen molar-refractivity contribution in [2.24, 2.45) is 0 Å². The molecule has 2 nitrogen and oxygen atoms in total. The summed E-state index contributed by atoms with van der Waals surface area (Å²) in [6.07, 6.45) is 0. The average Bonchev–Trinajstić information content (AvgIpc) is 3.16. The van der Waals surface area contributed by atoms with Crippen LogP contribution in [0.2, 0.25) is 5.15 Å². The molecule has 132 valence electrons. The topological polar surface area (TPSA) is 28.7 Å². The van der Waals surface area contributed by atoms with Crippen LogP contribution in [0.4, 0.5) is 0 Å². The van der Waals surface area contributed by atoms with Crippen LogP contribution in [-0.4, -0.2) is 9.97 Å². The van der Waals surface area contributed by atoms with Crippen LogP contribution < -0.4 is 0 Å². The van der Waals surface area contributed by atoms with E-state index in [9.17, 15) is 0 Å². The van der Waals surface area contributed by atoms with Crippen LogP contribution in [0.15, 0.2) is 84.9 Å². The summed E-state index contributed by atoms with van der Waals surface area (Å²) in [7, 11) is 0. The van der Waals surface area contributed by atoms with Crippen LogP contribution in [-0.2, 0) is 0 Å². The minimum atomic E-state index is 0.611. The lowest BCUT2D eigenvalue weighted by atomic mass is 9.95. The Morgan fingerprint density at radius 3 is 2.04 bits per heavy atom. The van der Waals surface area contributed by atoms with Crippen molar-refractivity contribution in [3.63, 3.8) is 0 Å². The number of rotatable bonds is 1. The van der Waals surface area contributed by atoms with E-state index >= 15 is 0 Å². The maximum atomic E-state index is 6.22. The van der Waals surface area contributed by atoms with Gasteiger partial charge in [-0.25, -0.2) is 4.98 Å². The average molecular weight is 379 g/mol. The fraction of sp³-hybridized carbons (Fsp3) is 0. The van der Waals surface area contributed by atoms with Crippen molar-refractivity contribution < 1.29 is 0 Å². The van der Waals surface area contributed by atoms with Crippen LogP contribution in [0.3, 0.4) is 0 Å². The third-order valence-corrected chi connectivity index (χ3v) is 5.67. The highest BCUT2D eigenvalue weighted by atomic mass is 35.5. The third-order valence-electron chi connectivity index (χ3n) is 5.45. The third kappa shape index (κ3) is 2.25. The molecule has 28 heavy (non-hydrogen) atoms. The van der Waals surface area contributed by atoms with Crippen LogP contribution in [0.5, 0.6) is 0 Å². The summed E-state index contributed by atoms with van der Waals surface area (Å²) in [6.45, 7) is 0. The Labute approximate surface area is 166 Å². The standard InChI is InChI=1S/C25H15ClN2/c26-22-12-11-15-9-10-18-14-21(27-25(18)24(15)28-22)23-19-7-3-1-5-16(19)13-17-6-2-4-8-20(17)23/h1-14,28H. The smallest absolute Gasteiger partial charge is 0.106 e. The minimum absolute atomic E-state index is 0.611. The van der Waals surface area contributed by atoms with Crippen molar-refractivity contribution in [2.45, 2.75) is 0 Å². The molecule has 0 saturated heterocycles. The summed E-state index contributed by atoms with van der Waals surface area (Å²) in [6, 6.07) is 29.6. The second kappa shape index (κ2) is 5.82. The SMILES string of the molecule is Clc1ccc2ccc3cc(-c4c5ccccc5cc5ccccc45)nc3c2[nH]1. The van der Waals surface area contributed by atoms with E-state index < -0.39 is 0 Å². The fourth-order valence-electron chi connectivity index (χ4n) is 4.17.